The molecule has 1 atom stereocenters. The zero-order valence-corrected chi connectivity index (χ0v) is 20.5. The molecule has 2 heterocycles. The topological polar surface area (TPSA) is 87.7 Å². The highest BCUT2D eigenvalue weighted by Gasteiger charge is 2.32. The van der Waals surface area contributed by atoms with E-state index < -0.39 is 6.04 Å². The number of rotatable bonds is 7. The van der Waals surface area contributed by atoms with E-state index in [2.05, 4.69) is 29.0 Å². The van der Waals surface area contributed by atoms with Gasteiger partial charge in [0, 0.05) is 43.9 Å². The van der Waals surface area contributed by atoms with Gasteiger partial charge in [-0.3, -0.25) is 9.59 Å². The number of hydrogen-bond donors (Lipinski definition) is 1. The summed E-state index contributed by atoms with van der Waals surface area (Å²) in [7, 11) is 1.53. The van der Waals surface area contributed by atoms with Gasteiger partial charge >= 0.3 is 0 Å². The molecule has 33 heavy (non-hydrogen) atoms. The maximum Gasteiger partial charge on any atom is 0.255 e. The molecular formula is C25H35N5O3. The van der Waals surface area contributed by atoms with Gasteiger partial charge in [0.1, 0.15) is 23.4 Å². The highest BCUT2D eigenvalue weighted by molar-refractivity contribution is 5.99. The standard InChI is InChI=1S/C25H35N5O3/c1-16(2)22(28-24(31)19-9-7-8-10-20(19)33-6)25(32)30-13-11-29(12-14-30)21-15-18(5)26-23(27-21)17(3)4/h7-10,15-17,22H,11-14H2,1-6H3,(H,28,31)/t22-/m0/s1. The summed E-state index contributed by atoms with van der Waals surface area (Å²) >= 11 is 0. The van der Waals surface area contributed by atoms with Gasteiger partial charge in [0.15, 0.2) is 0 Å². The molecule has 1 aliphatic heterocycles. The molecule has 3 rings (SSSR count). The van der Waals surface area contributed by atoms with E-state index >= 15 is 0 Å². The van der Waals surface area contributed by atoms with E-state index in [4.69, 9.17) is 9.72 Å². The van der Waals surface area contributed by atoms with Gasteiger partial charge in [0.2, 0.25) is 5.91 Å². The molecule has 0 spiro atoms. The number of aryl methyl sites for hydroxylation is 1. The first kappa shape index (κ1) is 24.5. The number of nitrogens with zero attached hydrogens (tertiary/aromatic N) is 4. The molecule has 1 aromatic heterocycles. The number of methoxy groups -OCH3 is 1. The van der Waals surface area contributed by atoms with Gasteiger partial charge in [-0.15, -0.1) is 0 Å². The minimum Gasteiger partial charge on any atom is -0.496 e. The lowest BCUT2D eigenvalue weighted by Crippen LogP contribution is -2.56. The van der Waals surface area contributed by atoms with Crippen molar-refractivity contribution in [3.05, 3.63) is 47.4 Å². The third kappa shape index (κ3) is 5.80. The molecule has 0 aliphatic carbocycles. The van der Waals surface area contributed by atoms with Crippen LogP contribution in [0.3, 0.4) is 0 Å². The molecule has 2 amide bonds. The van der Waals surface area contributed by atoms with Crippen LogP contribution in [0, 0.1) is 12.8 Å². The van der Waals surface area contributed by atoms with Crippen molar-refractivity contribution in [2.24, 2.45) is 5.92 Å². The minimum atomic E-state index is -0.609. The summed E-state index contributed by atoms with van der Waals surface area (Å²) in [5.41, 5.74) is 1.37. The molecule has 8 heteroatoms. The summed E-state index contributed by atoms with van der Waals surface area (Å²) < 4.78 is 5.30. The molecule has 1 aliphatic rings. The number of piperazine rings is 1. The van der Waals surface area contributed by atoms with Crippen molar-refractivity contribution in [1.29, 1.82) is 0 Å². The van der Waals surface area contributed by atoms with Crippen molar-refractivity contribution in [1.82, 2.24) is 20.2 Å². The van der Waals surface area contributed by atoms with Crippen molar-refractivity contribution < 1.29 is 14.3 Å². The highest BCUT2D eigenvalue weighted by Crippen LogP contribution is 2.21. The van der Waals surface area contributed by atoms with Gasteiger partial charge in [0.05, 0.1) is 12.7 Å². The number of aromatic nitrogens is 2. The van der Waals surface area contributed by atoms with E-state index in [0.717, 1.165) is 17.3 Å². The zero-order valence-electron chi connectivity index (χ0n) is 20.5. The van der Waals surface area contributed by atoms with E-state index in [9.17, 15) is 9.59 Å². The normalized spacial score (nSPS) is 15.0. The largest absolute Gasteiger partial charge is 0.496 e. The Morgan fingerprint density at radius 3 is 2.30 bits per heavy atom. The number of ether oxygens (including phenoxy) is 1. The van der Waals surface area contributed by atoms with E-state index in [1.54, 1.807) is 18.2 Å². The van der Waals surface area contributed by atoms with Gasteiger partial charge in [0.25, 0.3) is 5.91 Å². The van der Waals surface area contributed by atoms with Crippen LogP contribution in [-0.4, -0.2) is 66.0 Å². The summed E-state index contributed by atoms with van der Waals surface area (Å²) in [5.74, 6) is 2.06. The lowest BCUT2D eigenvalue weighted by molar-refractivity contribution is -0.134. The number of para-hydroxylation sites is 1. The van der Waals surface area contributed by atoms with Gasteiger partial charge in [-0.1, -0.05) is 39.8 Å². The third-order valence-corrected chi connectivity index (χ3v) is 5.86. The van der Waals surface area contributed by atoms with Crippen molar-refractivity contribution in [3.63, 3.8) is 0 Å². The van der Waals surface area contributed by atoms with Crippen LogP contribution < -0.4 is 15.0 Å². The maximum atomic E-state index is 13.3. The van der Waals surface area contributed by atoms with Crippen LogP contribution >= 0.6 is 0 Å². The Balaban J connectivity index is 1.67. The SMILES string of the molecule is COc1ccccc1C(=O)N[C@H](C(=O)N1CCN(c2cc(C)nc(C(C)C)n2)CC1)C(C)C. The highest BCUT2D eigenvalue weighted by atomic mass is 16.5. The Morgan fingerprint density at radius 2 is 1.70 bits per heavy atom. The first-order valence-corrected chi connectivity index (χ1v) is 11.5. The number of hydrogen-bond acceptors (Lipinski definition) is 6. The number of nitrogens with one attached hydrogen (secondary N) is 1. The second-order valence-corrected chi connectivity index (χ2v) is 9.09. The van der Waals surface area contributed by atoms with Gasteiger partial charge in [-0.05, 0) is 25.0 Å². The minimum absolute atomic E-state index is 0.0488. The molecule has 0 radical (unpaired) electrons. The Labute approximate surface area is 196 Å². The molecule has 0 bridgehead atoms. The average Bonchev–Trinajstić information content (AvgIpc) is 2.81. The molecule has 8 nitrogen and oxygen atoms in total. The summed E-state index contributed by atoms with van der Waals surface area (Å²) in [5, 5.41) is 2.93. The second-order valence-electron chi connectivity index (χ2n) is 9.09. The van der Waals surface area contributed by atoms with Crippen molar-refractivity contribution in [2.75, 3.05) is 38.2 Å². The molecule has 1 N–H and O–H groups in total. The lowest BCUT2D eigenvalue weighted by Gasteiger charge is -2.38. The first-order chi connectivity index (χ1) is 15.7. The zero-order chi connectivity index (χ0) is 24.1. The van der Waals surface area contributed by atoms with Crippen LogP contribution in [0.25, 0.3) is 0 Å². The van der Waals surface area contributed by atoms with Gasteiger partial charge in [-0.2, -0.15) is 0 Å². The van der Waals surface area contributed by atoms with Crippen LogP contribution in [0.2, 0.25) is 0 Å². The predicted octanol–water partition coefficient (Wildman–Crippen LogP) is 3.02. The molecule has 0 saturated carbocycles. The fourth-order valence-corrected chi connectivity index (χ4v) is 3.91. The Bertz CT molecular complexity index is 984. The molecule has 2 aromatic rings. The Morgan fingerprint density at radius 1 is 1.03 bits per heavy atom. The van der Waals surface area contributed by atoms with E-state index in [1.807, 2.05) is 37.8 Å². The van der Waals surface area contributed by atoms with E-state index in [1.165, 1.54) is 7.11 Å². The number of carbonyl (C=O) groups excluding carboxylic acids is 2. The third-order valence-electron chi connectivity index (χ3n) is 5.86. The van der Waals surface area contributed by atoms with Crippen LogP contribution in [0.4, 0.5) is 5.82 Å². The summed E-state index contributed by atoms with van der Waals surface area (Å²) in [4.78, 5) is 39.5. The van der Waals surface area contributed by atoms with Crippen molar-refractivity contribution in [3.8, 4) is 5.75 Å². The number of amides is 2. The molecule has 0 unspecified atom stereocenters. The monoisotopic (exact) mass is 453 g/mol. The van der Waals surface area contributed by atoms with Gasteiger partial charge in [-0.25, -0.2) is 9.97 Å². The van der Waals surface area contributed by atoms with E-state index in [-0.39, 0.29) is 23.7 Å². The van der Waals surface area contributed by atoms with Crippen LogP contribution in [0.5, 0.6) is 5.75 Å². The second kappa shape index (κ2) is 10.6. The van der Waals surface area contributed by atoms with Crippen LogP contribution in [-0.2, 0) is 4.79 Å². The van der Waals surface area contributed by atoms with Crippen LogP contribution in [0.1, 0.15) is 55.5 Å². The summed E-state index contributed by atoms with van der Waals surface area (Å²) in [6.45, 7) is 12.6. The summed E-state index contributed by atoms with van der Waals surface area (Å²) in [6, 6.07) is 8.41. The first-order valence-electron chi connectivity index (χ1n) is 11.5. The molecular weight excluding hydrogens is 418 g/mol. The molecule has 1 saturated heterocycles. The average molecular weight is 454 g/mol. The Kier molecular flexibility index (Phi) is 7.89. The smallest absolute Gasteiger partial charge is 0.255 e. The molecule has 1 fully saturated rings. The maximum absolute atomic E-state index is 13.3. The molecule has 1 aromatic carbocycles. The number of benzene rings is 1. The van der Waals surface area contributed by atoms with Crippen LogP contribution in [0.15, 0.2) is 30.3 Å². The van der Waals surface area contributed by atoms with Crippen molar-refractivity contribution in [2.45, 2.75) is 46.6 Å². The van der Waals surface area contributed by atoms with E-state index in [0.29, 0.717) is 37.5 Å². The number of carbonyl (C=O) groups is 2. The predicted molar refractivity (Wildman–Crippen MR) is 129 cm³/mol. The summed E-state index contributed by atoms with van der Waals surface area (Å²) in [6.07, 6.45) is 0. The fourth-order valence-electron chi connectivity index (χ4n) is 3.91. The Hall–Kier alpha value is -3.16. The molecule has 178 valence electrons. The quantitative estimate of drug-likeness (QED) is 0.693. The number of anilines is 1. The lowest BCUT2D eigenvalue weighted by atomic mass is 10.0. The van der Waals surface area contributed by atoms with Crippen molar-refractivity contribution >= 4 is 17.6 Å². The van der Waals surface area contributed by atoms with Gasteiger partial charge < -0.3 is 19.9 Å². The fraction of sp³-hybridized carbons (Fsp3) is 0.520.